The van der Waals surface area contributed by atoms with E-state index >= 15 is 0 Å². The number of likely N-dealkylation sites (tertiary alicyclic amines) is 1. The molecule has 2 saturated heterocycles. The van der Waals surface area contributed by atoms with Gasteiger partial charge in [0.05, 0.1) is 6.61 Å². The molecule has 0 bridgehead atoms. The summed E-state index contributed by atoms with van der Waals surface area (Å²) >= 11 is 0. The number of carbonyl (C=O) groups is 2. The highest BCUT2D eigenvalue weighted by molar-refractivity contribution is 5.99. The second-order valence-electron chi connectivity index (χ2n) is 8.00. The monoisotopic (exact) mass is 380 g/mol. The average molecular weight is 380 g/mol. The molecule has 2 aliphatic heterocycles. The molecule has 2 heterocycles. The van der Waals surface area contributed by atoms with Crippen LogP contribution in [0, 0.1) is 5.92 Å². The molecule has 0 atom stereocenters. The molecule has 1 amide bonds. The number of amides is 1. The van der Waals surface area contributed by atoms with Gasteiger partial charge in [-0.05, 0) is 67.5 Å². The van der Waals surface area contributed by atoms with Crippen LogP contribution in [0.5, 0.6) is 0 Å². The largest absolute Gasteiger partial charge is 0.449 e. The Morgan fingerprint density at radius 3 is 2.36 bits per heavy atom. The molecule has 4 rings (SSSR count). The van der Waals surface area contributed by atoms with E-state index in [2.05, 4.69) is 23.1 Å². The van der Waals surface area contributed by atoms with Crippen LogP contribution in [0.15, 0.2) is 36.4 Å². The van der Waals surface area contributed by atoms with Crippen molar-refractivity contribution in [2.24, 2.45) is 5.92 Å². The second-order valence-corrected chi connectivity index (χ2v) is 8.00. The van der Waals surface area contributed by atoms with Crippen LogP contribution < -0.4 is 4.90 Å². The molecule has 2 fully saturated rings. The number of anilines is 1. The van der Waals surface area contributed by atoms with Crippen LogP contribution in [-0.4, -0.2) is 49.6 Å². The van der Waals surface area contributed by atoms with Crippen molar-refractivity contribution in [1.29, 1.82) is 0 Å². The van der Waals surface area contributed by atoms with Gasteiger partial charge in [0.15, 0.2) is 5.78 Å². The zero-order valence-electron chi connectivity index (χ0n) is 16.5. The van der Waals surface area contributed by atoms with Crippen molar-refractivity contribution in [3.63, 3.8) is 0 Å². The molecule has 0 spiro atoms. The number of piperidine rings is 1. The fraction of sp³-hybridized carbons (Fsp3) is 0.478. The van der Waals surface area contributed by atoms with E-state index in [4.69, 9.17) is 4.74 Å². The quantitative estimate of drug-likeness (QED) is 0.733. The summed E-state index contributed by atoms with van der Waals surface area (Å²) in [5.74, 6) is 0.542. The fourth-order valence-corrected chi connectivity index (χ4v) is 4.19. The minimum atomic E-state index is -0.139. The SMILES string of the molecule is CC(=O)c1ccc2cc(N3CCC(COC(=O)N4CCCC4)CC3)ccc2c1. The number of fused-ring (bicyclic) bond motifs is 1. The Morgan fingerprint density at radius 2 is 1.64 bits per heavy atom. The molecule has 2 aromatic rings. The number of rotatable bonds is 4. The van der Waals surface area contributed by atoms with Crippen molar-refractivity contribution in [3.8, 4) is 0 Å². The van der Waals surface area contributed by atoms with Gasteiger partial charge in [0.2, 0.25) is 0 Å². The molecule has 0 N–H and O–H groups in total. The third-order valence-corrected chi connectivity index (χ3v) is 6.02. The Morgan fingerprint density at radius 1 is 0.964 bits per heavy atom. The number of hydrogen-bond donors (Lipinski definition) is 0. The summed E-state index contributed by atoms with van der Waals surface area (Å²) in [7, 11) is 0. The first-order chi connectivity index (χ1) is 13.6. The van der Waals surface area contributed by atoms with E-state index in [0.29, 0.717) is 12.5 Å². The maximum absolute atomic E-state index is 12.0. The predicted molar refractivity (Wildman–Crippen MR) is 111 cm³/mol. The van der Waals surface area contributed by atoms with Crippen LogP contribution in [-0.2, 0) is 4.74 Å². The summed E-state index contributed by atoms with van der Waals surface area (Å²) in [6.07, 6.45) is 4.12. The summed E-state index contributed by atoms with van der Waals surface area (Å²) in [6, 6.07) is 12.3. The van der Waals surface area contributed by atoms with Crippen LogP contribution in [0.3, 0.4) is 0 Å². The molecular weight excluding hydrogens is 352 g/mol. The van der Waals surface area contributed by atoms with Crippen molar-refractivity contribution in [2.45, 2.75) is 32.6 Å². The van der Waals surface area contributed by atoms with Crippen molar-refractivity contribution in [3.05, 3.63) is 42.0 Å². The van der Waals surface area contributed by atoms with Gasteiger partial charge < -0.3 is 14.5 Å². The molecule has 0 aliphatic carbocycles. The maximum Gasteiger partial charge on any atom is 0.409 e. The van der Waals surface area contributed by atoms with Gasteiger partial charge in [0.1, 0.15) is 0 Å². The van der Waals surface area contributed by atoms with Crippen LogP contribution in [0.4, 0.5) is 10.5 Å². The molecule has 2 aromatic carbocycles. The first-order valence-electron chi connectivity index (χ1n) is 10.3. The Kier molecular flexibility index (Phi) is 5.51. The fourth-order valence-electron chi connectivity index (χ4n) is 4.19. The molecule has 0 radical (unpaired) electrons. The van der Waals surface area contributed by atoms with Crippen LogP contribution in [0.2, 0.25) is 0 Å². The summed E-state index contributed by atoms with van der Waals surface area (Å²) < 4.78 is 5.54. The maximum atomic E-state index is 12.0. The van der Waals surface area contributed by atoms with Crippen molar-refractivity contribution in [1.82, 2.24) is 4.90 Å². The Labute approximate surface area is 166 Å². The molecular formula is C23H28N2O3. The van der Waals surface area contributed by atoms with Gasteiger partial charge in [-0.25, -0.2) is 4.79 Å². The zero-order chi connectivity index (χ0) is 19.5. The summed E-state index contributed by atoms with van der Waals surface area (Å²) in [5, 5.41) is 2.25. The van der Waals surface area contributed by atoms with Crippen LogP contribution >= 0.6 is 0 Å². The number of ether oxygens (including phenoxy) is 1. The van der Waals surface area contributed by atoms with E-state index in [1.807, 2.05) is 23.1 Å². The van der Waals surface area contributed by atoms with Crippen molar-refractivity contribution in [2.75, 3.05) is 37.7 Å². The lowest BCUT2D eigenvalue weighted by molar-refractivity contribution is 0.0896. The second kappa shape index (κ2) is 8.21. The van der Waals surface area contributed by atoms with E-state index in [0.717, 1.165) is 68.2 Å². The zero-order valence-corrected chi connectivity index (χ0v) is 16.5. The first-order valence-corrected chi connectivity index (χ1v) is 10.3. The van der Waals surface area contributed by atoms with Gasteiger partial charge >= 0.3 is 6.09 Å². The van der Waals surface area contributed by atoms with E-state index < -0.39 is 0 Å². The van der Waals surface area contributed by atoms with E-state index in [1.54, 1.807) is 6.92 Å². The number of benzene rings is 2. The third-order valence-electron chi connectivity index (χ3n) is 6.02. The predicted octanol–water partition coefficient (Wildman–Crippen LogP) is 4.49. The molecule has 5 nitrogen and oxygen atoms in total. The lowest BCUT2D eigenvalue weighted by Crippen LogP contribution is -2.36. The number of nitrogens with zero attached hydrogens (tertiary/aromatic N) is 2. The van der Waals surface area contributed by atoms with Gasteiger partial charge in [-0.1, -0.05) is 18.2 Å². The highest BCUT2D eigenvalue weighted by atomic mass is 16.6. The smallest absolute Gasteiger partial charge is 0.409 e. The van der Waals surface area contributed by atoms with Gasteiger partial charge in [0.25, 0.3) is 0 Å². The average Bonchev–Trinajstić information content (AvgIpc) is 3.26. The lowest BCUT2D eigenvalue weighted by atomic mass is 9.97. The summed E-state index contributed by atoms with van der Waals surface area (Å²) in [5.41, 5.74) is 1.97. The summed E-state index contributed by atoms with van der Waals surface area (Å²) in [4.78, 5) is 27.8. The highest BCUT2D eigenvalue weighted by Gasteiger charge is 2.23. The number of Topliss-reactive ketones (excluding diaryl/α,β-unsaturated/α-hetero) is 1. The number of hydrogen-bond acceptors (Lipinski definition) is 4. The summed E-state index contributed by atoms with van der Waals surface area (Å²) in [6.45, 7) is 5.77. The van der Waals surface area contributed by atoms with Gasteiger partial charge in [-0.15, -0.1) is 0 Å². The lowest BCUT2D eigenvalue weighted by Gasteiger charge is -2.33. The molecule has 148 valence electrons. The number of ketones is 1. The molecule has 0 saturated carbocycles. The number of carbonyl (C=O) groups excluding carboxylic acids is 2. The molecule has 28 heavy (non-hydrogen) atoms. The van der Waals surface area contributed by atoms with Gasteiger partial charge in [-0.2, -0.15) is 0 Å². The minimum Gasteiger partial charge on any atom is -0.449 e. The van der Waals surface area contributed by atoms with Crippen molar-refractivity contribution >= 4 is 28.3 Å². The van der Waals surface area contributed by atoms with Crippen LogP contribution in [0.25, 0.3) is 10.8 Å². The molecule has 5 heteroatoms. The highest BCUT2D eigenvalue weighted by Crippen LogP contribution is 2.27. The van der Waals surface area contributed by atoms with Crippen LogP contribution in [0.1, 0.15) is 43.0 Å². The van der Waals surface area contributed by atoms with E-state index in [1.165, 1.54) is 5.69 Å². The van der Waals surface area contributed by atoms with Gasteiger partial charge in [-0.3, -0.25) is 4.79 Å². The molecule has 2 aliphatic rings. The van der Waals surface area contributed by atoms with Crippen molar-refractivity contribution < 1.29 is 14.3 Å². The third kappa shape index (κ3) is 4.13. The standard InChI is InChI=1S/C23H28N2O3/c1-17(26)19-4-5-21-15-22(7-6-20(21)14-19)24-12-8-18(9-13-24)16-28-23(27)25-10-2-3-11-25/h4-7,14-15,18H,2-3,8-13,16H2,1H3. The minimum absolute atomic E-state index is 0.0958. The van der Waals surface area contributed by atoms with E-state index in [-0.39, 0.29) is 11.9 Å². The Hall–Kier alpha value is -2.56. The van der Waals surface area contributed by atoms with E-state index in [9.17, 15) is 9.59 Å². The molecule has 0 unspecified atom stereocenters. The van der Waals surface area contributed by atoms with Gasteiger partial charge in [0, 0.05) is 37.4 Å². The Balaban J connectivity index is 1.32. The first kappa shape index (κ1) is 18.8. The molecule has 0 aromatic heterocycles. The topological polar surface area (TPSA) is 49.9 Å². The normalized spacial score (nSPS) is 17.9. The Bertz CT molecular complexity index is 865.